The number of furan rings is 1. The smallest absolute Gasteiger partial charge is 0.284 e. The molecule has 5 rings (SSSR count). The molecule has 0 aliphatic carbocycles. The van der Waals surface area contributed by atoms with Gasteiger partial charge in [-0.3, -0.25) is 0 Å². The first-order chi connectivity index (χ1) is 14.3. The Kier molecular flexibility index (Phi) is 4.79. The molecule has 1 aliphatic heterocycles. The lowest BCUT2D eigenvalue weighted by Crippen LogP contribution is -2.19. The monoisotopic (exact) mass is 410 g/mol. The number of nitrogens with zero attached hydrogens (tertiary/aromatic N) is 2. The minimum atomic E-state index is -0.535. The summed E-state index contributed by atoms with van der Waals surface area (Å²) < 4.78 is 36.8. The molecule has 0 amide bonds. The van der Waals surface area contributed by atoms with Crippen molar-refractivity contribution >= 4 is 11.8 Å². The van der Waals surface area contributed by atoms with Crippen LogP contribution in [0.1, 0.15) is 23.0 Å². The Balaban J connectivity index is 1.36. The molecule has 146 valence electrons. The Hall–Kier alpha value is -3.10. The lowest BCUT2D eigenvalue weighted by Gasteiger charge is -2.28. The molecule has 2 aromatic carbocycles. The standard InChI is InChI=1S/C21H15FN2O4S/c22-16-9-14-11-26-20(13-5-2-1-3-6-13)27-18(14)15(10-16)12-29-21-24-23-19(28-21)17-7-4-8-25-17/h1-10,20H,11-12H2/t20-/m1/s1. The largest absolute Gasteiger partial charge is 0.460 e. The van der Waals surface area contributed by atoms with Crippen molar-refractivity contribution in [1.29, 1.82) is 0 Å². The second kappa shape index (κ2) is 7.73. The van der Waals surface area contributed by atoms with Crippen LogP contribution in [0.15, 0.2) is 74.9 Å². The lowest BCUT2D eigenvalue weighted by molar-refractivity contribution is -0.112. The van der Waals surface area contributed by atoms with Gasteiger partial charge in [0.1, 0.15) is 11.6 Å². The molecule has 2 aromatic heterocycles. The molecule has 0 fully saturated rings. The second-order valence-corrected chi connectivity index (χ2v) is 7.29. The van der Waals surface area contributed by atoms with Gasteiger partial charge in [-0.25, -0.2) is 4.39 Å². The Morgan fingerprint density at radius 3 is 2.79 bits per heavy atom. The summed E-state index contributed by atoms with van der Waals surface area (Å²) in [5.41, 5.74) is 2.28. The van der Waals surface area contributed by atoms with E-state index in [1.54, 1.807) is 12.1 Å². The van der Waals surface area contributed by atoms with Crippen molar-refractivity contribution in [2.45, 2.75) is 23.9 Å². The zero-order chi connectivity index (χ0) is 19.6. The highest BCUT2D eigenvalue weighted by Crippen LogP contribution is 2.39. The van der Waals surface area contributed by atoms with Gasteiger partial charge in [-0.05, 0) is 24.3 Å². The van der Waals surface area contributed by atoms with E-state index in [0.717, 1.165) is 5.56 Å². The first-order valence-electron chi connectivity index (χ1n) is 8.91. The average molecular weight is 410 g/mol. The van der Waals surface area contributed by atoms with Crippen molar-refractivity contribution in [2.75, 3.05) is 0 Å². The van der Waals surface area contributed by atoms with Crippen molar-refractivity contribution in [3.63, 3.8) is 0 Å². The lowest BCUT2D eigenvalue weighted by atomic mass is 10.1. The van der Waals surface area contributed by atoms with E-state index in [2.05, 4.69) is 10.2 Å². The summed E-state index contributed by atoms with van der Waals surface area (Å²) in [6, 6.07) is 16.0. The molecule has 1 atom stereocenters. The molecule has 0 radical (unpaired) electrons. The molecule has 29 heavy (non-hydrogen) atoms. The van der Waals surface area contributed by atoms with Crippen LogP contribution in [0.5, 0.6) is 5.75 Å². The Morgan fingerprint density at radius 1 is 1.07 bits per heavy atom. The highest BCUT2D eigenvalue weighted by Gasteiger charge is 2.25. The third-order valence-electron chi connectivity index (χ3n) is 4.38. The van der Waals surface area contributed by atoms with Crippen LogP contribution in [0.25, 0.3) is 11.7 Å². The topological polar surface area (TPSA) is 70.5 Å². The van der Waals surface area contributed by atoms with Crippen LogP contribution in [-0.2, 0) is 17.1 Å². The van der Waals surface area contributed by atoms with E-state index < -0.39 is 6.29 Å². The number of hydrogen-bond acceptors (Lipinski definition) is 7. The number of rotatable bonds is 5. The van der Waals surface area contributed by atoms with Crippen molar-refractivity contribution < 1.29 is 22.7 Å². The number of thioether (sulfide) groups is 1. The second-order valence-electron chi connectivity index (χ2n) is 6.36. The van der Waals surface area contributed by atoms with Crippen LogP contribution < -0.4 is 4.74 Å². The predicted octanol–water partition coefficient (Wildman–Crippen LogP) is 5.37. The van der Waals surface area contributed by atoms with Crippen LogP contribution in [0.3, 0.4) is 0 Å². The normalized spacial score (nSPS) is 15.7. The van der Waals surface area contributed by atoms with Gasteiger partial charge in [-0.15, -0.1) is 10.2 Å². The van der Waals surface area contributed by atoms with E-state index in [1.807, 2.05) is 30.3 Å². The van der Waals surface area contributed by atoms with Gasteiger partial charge in [0.05, 0.1) is 12.9 Å². The molecular weight excluding hydrogens is 395 g/mol. The summed E-state index contributed by atoms with van der Waals surface area (Å²) in [7, 11) is 0. The van der Waals surface area contributed by atoms with Crippen LogP contribution in [0.4, 0.5) is 4.39 Å². The Bertz CT molecular complexity index is 1120. The summed E-state index contributed by atoms with van der Waals surface area (Å²) in [5.74, 6) is 1.49. The summed E-state index contributed by atoms with van der Waals surface area (Å²) >= 11 is 1.30. The maximum absolute atomic E-state index is 14.1. The Morgan fingerprint density at radius 2 is 1.97 bits per heavy atom. The number of ether oxygens (including phenoxy) is 2. The molecule has 0 bridgehead atoms. The fourth-order valence-electron chi connectivity index (χ4n) is 3.07. The van der Waals surface area contributed by atoms with E-state index >= 15 is 0 Å². The Labute approximate surface area is 169 Å². The van der Waals surface area contributed by atoms with Gasteiger partial charge in [0.25, 0.3) is 11.1 Å². The molecule has 8 heteroatoms. The molecule has 6 nitrogen and oxygen atoms in total. The summed E-state index contributed by atoms with van der Waals surface area (Å²) in [4.78, 5) is 0. The van der Waals surface area contributed by atoms with Crippen molar-refractivity contribution in [2.24, 2.45) is 0 Å². The van der Waals surface area contributed by atoms with Gasteiger partial charge in [0.15, 0.2) is 5.76 Å². The molecule has 0 saturated heterocycles. The quantitative estimate of drug-likeness (QED) is 0.410. The van der Waals surface area contributed by atoms with Crippen LogP contribution >= 0.6 is 11.8 Å². The minimum Gasteiger partial charge on any atom is -0.460 e. The summed E-state index contributed by atoms with van der Waals surface area (Å²) in [6.07, 6.45) is 1.00. The van der Waals surface area contributed by atoms with Crippen LogP contribution in [0, 0.1) is 5.82 Å². The summed E-state index contributed by atoms with van der Waals surface area (Å²) in [5, 5.41) is 8.34. The maximum atomic E-state index is 14.1. The van der Waals surface area contributed by atoms with Gasteiger partial charge >= 0.3 is 0 Å². The zero-order valence-electron chi connectivity index (χ0n) is 15.1. The number of fused-ring (bicyclic) bond motifs is 1. The number of aromatic nitrogens is 2. The minimum absolute atomic E-state index is 0.271. The molecule has 0 unspecified atom stereocenters. The average Bonchev–Trinajstić information content (AvgIpc) is 3.44. The predicted molar refractivity (Wildman–Crippen MR) is 103 cm³/mol. The number of benzene rings is 2. The molecule has 0 saturated carbocycles. The van der Waals surface area contributed by atoms with Crippen LogP contribution in [-0.4, -0.2) is 10.2 Å². The van der Waals surface area contributed by atoms with Crippen molar-refractivity contribution in [3.05, 3.63) is 83.4 Å². The molecule has 4 aromatic rings. The van der Waals surface area contributed by atoms with Crippen molar-refractivity contribution in [3.8, 4) is 17.4 Å². The van der Waals surface area contributed by atoms with E-state index in [-0.39, 0.29) is 12.4 Å². The zero-order valence-corrected chi connectivity index (χ0v) is 15.9. The van der Waals surface area contributed by atoms with Crippen LogP contribution in [0.2, 0.25) is 0 Å². The number of hydrogen-bond donors (Lipinski definition) is 0. The van der Waals surface area contributed by atoms with Gasteiger partial charge in [-0.1, -0.05) is 42.1 Å². The third kappa shape index (κ3) is 3.76. The van der Waals surface area contributed by atoms with E-state index in [9.17, 15) is 4.39 Å². The highest BCUT2D eigenvalue weighted by molar-refractivity contribution is 7.98. The fourth-order valence-corrected chi connectivity index (χ4v) is 3.80. The SMILES string of the molecule is Fc1cc2c(c(CSc3nnc(-c4ccco4)o3)c1)O[C@H](c1ccccc1)OC2. The maximum Gasteiger partial charge on any atom is 0.284 e. The van der Waals surface area contributed by atoms with Gasteiger partial charge in [0.2, 0.25) is 6.29 Å². The highest BCUT2D eigenvalue weighted by atomic mass is 32.2. The van der Waals surface area contributed by atoms with Gasteiger partial charge in [0, 0.05) is 22.4 Å². The van der Waals surface area contributed by atoms with E-state index in [0.29, 0.717) is 39.5 Å². The first kappa shape index (κ1) is 18.0. The number of halogens is 1. The third-order valence-corrected chi connectivity index (χ3v) is 5.25. The van der Waals surface area contributed by atoms with Gasteiger partial charge < -0.3 is 18.3 Å². The van der Waals surface area contributed by atoms with E-state index in [1.165, 1.54) is 30.2 Å². The van der Waals surface area contributed by atoms with Crippen molar-refractivity contribution in [1.82, 2.24) is 10.2 Å². The molecular formula is C21H15FN2O4S. The molecule has 0 spiro atoms. The van der Waals surface area contributed by atoms with E-state index in [4.69, 9.17) is 18.3 Å². The fraction of sp³-hybridized carbons (Fsp3) is 0.143. The molecule has 1 aliphatic rings. The molecule has 0 N–H and O–H groups in total. The van der Waals surface area contributed by atoms with Gasteiger partial charge in [-0.2, -0.15) is 0 Å². The summed E-state index contributed by atoms with van der Waals surface area (Å²) in [6.45, 7) is 0.271. The first-order valence-corrected chi connectivity index (χ1v) is 9.89. The molecule has 3 heterocycles.